The molecule has 3 atom stereocenters. The Morgan fingerprint density at radius 1 is 1.37 bits per heavy atom. The molecule has 0 aromatic carbocycles. The molecule has 0 aromatic rings. The minimum absolute atomic E-state index is 0.00490. The molecule has 1 unspecified atom stereocenters. The molecule has 9 nitrogen and oxygen atoms in total. The molecule has 1 saturated carbocycles. The van der Waals surface area contributed by atoms with E-state index in [0.29, 0.717) is 32.5 Å². The molecular formula is C17H28N4O5S. The standard InChI is InChI=1S/C17H28N4O5S/c1-3-27(25,26)18-9-14(22)19-17-8-13(17)10-20(11-17)16(24)7-12(2)21-6-4-5-15(21)23/h12-13,18H,3-11H2,1-2H3,(H,19,22)/t12?,13-,17-/m0/s1. The summed E-state index contributed by atoms with van der Waals surface area (Å²) in [5, 5.41) is 2.90. The molecule has 10 heteroatoms. The molecule has 0 bridgehead atoms. The first-order valence-corrected chi connectivity index (χ1v) is 11.2. The van der Waals surface area contributed by atoms with Gasteiger partial charge in [0.05, 0.1) is 17.8 Å². The number of carbonyl (C=O) groups excluding carboxylic acids is 3. The van der Waals surface area contributed by atoms with E-state index in [9.17, 15) is 22.8 Å². The Bertz CT molecular complexity index is 740. The Morgan fingerprint density at radius 3 is 2.74 bits per heavy atom. The van der Waals surface area contributed by atoms with Crippen molar-refractivity contribution >= 4 is 27.7 Å². The first kappa shape index (κ1) is 20.1. The third-order valence-corrected chi connectivity index (χ3v) is 7.18. The summed E-state index contributed by atoms with van der Waals surface area (Å²) in [5.41, 5.74) is -0.420. The zero-order valence-corrected chi connectivity index (χ0v) is 16.7. The monoisotopic (exact) mass is 400 g/mol. The van der Waals surface area contributed by atoms with Crippen molar-refractivity contribution < 1.29 is 22.8 Å². The van der Waals surface area contributed by atoms with Gasteiger partial charge in [0.1, 0.15) is 0 Å². The fourth-order valence-electron chi connectivity index (χ4n) is 4.09. The quantitative estimate of drug-likeness (QED) is 0.545. The first-order valence-electron chi connectivity index (χ1n) is 9.51. The Balaban J connectivity index is 1.47. The Hall–Kier alpha value is -1.68. The molecule has 2 saturated heterocycles. The van der Waals surface area contributed by atoms with Gasteiger partial charge in [0.15, 0.2) is 0 Å². The van der Waals surface area contributed by atoms with E-state index in [1.165, 1.54) is 6.92 Å². The number of nitrogens with zero attached hydrogens (tertiary/aromatic N) is 2. The molecule has 3 amide bonds. The Labute approximate surface area is 159 Å². The van der Waals surface area contributed by atoms with Gasteiger partial charge in [-0.3, -0.25) is 14.4 Å². The molecular weight excluding hydrogens is 372 g/mol. The molecule has 0 aromatic heterocycles. The van der Waals surface area contributed by atoms with Crippen LogP contribution in [0.2, 0.25) is 0 Å². The average Bonchev–Trinajstić information content (AvgIpc) is 2.94. The second-order valence-electron chi connectivity index (χ2n) is 7.85. The number of rotatable bonds is 8. The van der Waals surface area contributed by atoms with Crippen molar-refractivity contribution in [2.24, 2.45) is 5.92 Å². The molecule has 0 spiro atoms. The highest BCUT2D eigenvalue weighted by atomic mass is 32.2. The van der Waals surface area contributed by atoms with Crippen LogP contribution in [0.1, 0.15) is 39.5 Å². The van der Waals surface area contributed by atoms with Gasteiger partial charge in [-0.15, -0.1) is 0 Å². The highest BCUT2D eigenvalue weighted by molar-refractivity contribution is 7.89. The van der Waals surface area contributed by atoms with Gasteiger partial charge in [0.2, 0.25) is 27.7 Å². The van der Waals surface area contributed by atoms with Crippen LogP contribution >= 0.6 is 0 Å². The largest absolute Gasteiger partial charge is 0.347 e. The van der Waals surface area contributed by atoms with E-state index < -0.39 is 15.6 Å². The van der Waals surface area contributed by atoms with E-state index in [-0.39, 0.29) is 42.0 Å². The van der Waals surface area contributed by atoms with Crippen LogP contribution in [0, 0.1) is 5.92 Å². The topological polar surface area (TPSA) is 116 Å². The van der Waals surface area contributed by atoms with E-state index in [2.05, 4.69) is 10.0 Å². The van der Waals surface area contributed by atoms with Crippen LogP contribution in [0.25, 0.3) is 0 Å². The Kier molecular flexibility index (Phi) is 5.49. The fourth-order valence-corrected chi connectivity index (χ4v) is 4.65. The summed E-state index contributed by atoms with van der Waals surface area (Å²) in [4.78, 5) is 40.0. The zero-order valence-electron chi connectivity index (χ0n) is 15.9. The van der Waals surface area contributed by atoms with Crippen LogP contribution in [-0.4, -0.2) is 79.5 Å². The lowest BCUT2D eigenvalue weighted by atomic mass is 10.2. The molecule has 0 radical (unpaired) electrons. The minimum Gasteiger partial charge on any atom is -0.347 e. The fraction of sp³-hybridized carbons (Fsp3) is 0.824. The van der Waals surface area contributed by atoms with Crippen molar-refractivity contribution in [3.8, 4) is 0 Å². The van der Waals surface area contributed by atoms with Crippen LogP contribution in [-0.2, 0) is 24.4 Å². The van der Waals surface area contributed by atoms with Crippen LogP contribution in [0.15, 0.2) is 0 Å². The summed E-state index contributed by atoms with van der Waals surface area (Å²) in [7, 11) is -3.41. The number of amides is 3. The number of likely N-dealkylation sites (tertiary alicyclic amines) is 2. The SMILES string of the molecule is CCS(=O)(=O)NCC(=O)N[C@]12C[C@H]1CN(C(=O)CC(C)N1CCCC1=O)C2. The second kappa shape index (κ2) is 7.38. The van der Waals surface area contributed by atoms with Gasteiger partial charge in [-0.25, -0.2) is 13.1 Å². The van der Waals surface area contributed by atoms with Crippen LogP contribution in [0.4, 0.5) is 0 Å². The summed E-state index contributed by atoms with van der Waals surface area (Å²) in [6.45, 7) is 4.88. The molecule has 27 heavy (non-hydrogen) atoms. The van der Waals surface area contributed by atoms with Crippen LogP contribution in [0.5, 0.6) is 0 Å². The number of sulfonamides is 1. The van der Waals surface area contributed by atoms with E-state index in [4.69, 9.17) is 0 Å². The van der Waals surface area contributed by atoms with Gasteiger partial charge in [-0.05, 0) is 26.7 Å². The lowest BCUT2D eigenvalue weighted by Gasteiger charge is -2.27. The summed E-state index contributed by atoms with van der Waals surface area (Å²) in [6.07, 6.45) is 2.50. The number of hydrogen-bond acceptors (Lipinski definition) is 5. The van der Waals surface area contributed by atoms with E-state index >= 15 is 0 Å². The second-order valence-corrected chi connectivity index (χ2v) is 9.94. The summed E-state index contributed by atoms with van der Waals surface area (Å²) < 4.78 is 25.1. The average molecular weight is 401 g/mol. The lowest BCUT2D eigenvalue weighted by molar-refractivity contribution is -0.135. The molecule has 2 heterocycles. The third kappa shape index (κ3) is 4.43. The smallest absolute Gasteiger partial charge is 0.235 e. The van der Waals surface area contributed by atoms with Crippen LogP contribution < -0.4 is 10.0 Å². The van der Waals surface area contributed by atoms with Crippen molar-refractivity contribution in [2.45, 2.75) is 51.1 Å². The van der Waals surface area contributed by atoms with E-state index in [0.717, 1.165) is 12.8 Å². The van der Waals surface area contributed by atoms with Crippen molar-refractivity contribution in [2.75, 3.05) is 31.9 Å². The minimum atomic E-state index is -3.41. The van der Waals surface area contributed by atoms with E-state index in [1.807, 2.05) is 6.92 Å². The molecule has 1 aliphatic carbocycles. The van der Waals surface area contributed by atoms with Crippen molar-refractivity contribution in [3.63, 3.8) is 0 Å². The van der Waals surface area contributed by atoms with Crippen molar-refractivity contribution in [3.05, 3.63) is 0 Å². The molecule has 2 N–H and O–H groups in total. The van der Waals surface area contributed by atoms with Crippen molar-refractivity contribution in [1.82, 2.24) is 19.8 Å². The maximum absolute atomic E-state index is 12.6. The first-order chi connectivity index (χ1) is 12.7. The molecule has 3 fully saturated rings. The lowest BCUT2D eigenvalue weighted by Crippen LogP contribution is -2.48. The maximum atomic E-state index is 12.6. The molecule has 2 aliphatic heterocycles. The van der Waals surface area contributed by atoms with Gasteiger partial charge < -0.3 is 15.1 Å². The molecule has 3 aliphatic rings. The molecule has 152 valence electrons. The maximum Gasteiger partial charge on any atom is 0.235 e. The zero-order chi connectivity index (χ0) is 19.8. The number of fused-ring (bicyclic) bond motifs is 1. The number of hydrogen-bond donors (Lipinski definition) is 2. The van der Waals surface area contributed by atoms with Gasteiger partial charge in [-0.1, -0.05) is 0 Å². The van der Waals surface area contributed by atoms with Gasteiger partial charge in [0.25, 0.3) is 0 Å². The third-order valence-electron chi connectivity index (χ3n) is 5.83. The normalized spacial score (nSPS) is 28.2. The highest BCUT2D eigenvalue weighted by Crippen LogP contribution is 2.49. The predicted octanol–water partition coefficient (Wildman–Crippen LogP) is -0.956. The Morgan fingerprint density at radius 2 is 2.11 bits per heavy atom. The van der Waals surface area contributed by atoms with Crippen LogP contribution in [0.3, 0.4) is 0 Å². The van der Waals surface area contributed by atoms with Gasteiger partial charge >= 0.3 is 0 Å². The highest BCUT2D eigenvalue weighted by Gasteiger charge is 2.61. The summed E-state index contributed by atoms with van der Waals surface area (Å²) >= 11 is 0. The number of carbonyl (C=O) groups is 3. The van der Waals surface area contributed by atoms with Gasteiger partial charge in [0, 0.05) is 44.4 Å². The van der Waals surface area contributed by atoms with Crippen molar-refractivity contribution in [1.29, 1.82) is 0 Å². The number of piperidine rings is 1. The van der Waals surface area contributed by atoms with E-state index in [1.54, 1.807) is 9.80 Å². The molecule has 3 rings (SSSR count). The predicted molar refractivity (Wildman–Crippen MR) is 98.1 cm³/mol. The summed E-state index contributed by atoms with van der Waals surface area (Å²) in [5.74, 6) is -0.127. The number of nitrogens with one attached hydrogen (secondary N) is 2. The summed E-state index contributed by atoms with van der Waals surface area (Å²) in [6, 6.07) is -0.113. The van der Waals surface area contributed by atoms with Gasteiger partial charge in [-0.2, -0.15) is 0 Å².